The number of carbonyl (C=O) groups is 1. The first-order chi connectivity index (χ1) is 8.67. The largest absolute Gasteiger partial charge is 0.494 e. The number of anilines is 1. The first-order valence-corrected chi connectivity index (χ1v) is 7.35. The Kier molecular flexibility index (Phi) is 9.47. The highest BCUT2D eigenvalue weighted by molar-refractivity contribution is 7.98. The van der Waals surface area contributed by atoms with E-state index in [4.69, 9.17) is 10.5 Å². The summed E-state index contributed by atoms with van der Waals surface area (Å²) in [4.78, 5) is 11.8. The van der Waals surface area contributed by atoms with Crippen LogP contribution in [0.5, 0.6) is 5.75 Å². The molecule has 4 nitrogen and oxygen atoms in total. The number of hydrogen-bond acceptors (Lipinski definition) is 4. The van der Waals surface area contributed by atoms with Crippen molar-refractivity contribution in [3.05, 3.63) is 24.3 Å². The van der Waals surface area contributed by atoms with Gasteiger partial charge in [0.05, 0.1) is 12.6 Å². The highest BCUT2D eigenvalue weighted by atomic mass is 35.5. The van der Waals surface area contributed by atoms with Gasteiger partial charge in [-0.25, -0.2) is 0 Å². The lowest BCUT2D eigenvalue weighted by Gasteiger charge is -2.12. The number of halogens is 1. The van der Waals surface area contributed by atoms with Crippen molar-refractivity contribution < 1.29 is 9.53 Å². The summed E-state index contributed by atoms with van der Waals surface area (Å²) >= 11 is 1.68. The van der Waals surface area contributed by atoms with E-state index in [-0.39, 0.29) is 18.3 Å². The van der Waals surface area contributed by atoms with E-state index in [1.54, 1.807) is 17.8 Å². The number of thioether (sulfide) groups is 1. The van der Waals surface area contributed by atoms with Crippen molar-refractivity contribution in [2.75, 3.05) is 23.9 Å². The second-order valence-electron chi connectivity index (χ2n) is 3.84. The van der Waals surface area contributed by atoms with Crippen molar-refractivity contribution >= 4 is 35.8 Å². The van der Waals surface area contributed by atoms with Crippen molar-refractivity contribution in [2.24, 2.45) is 5.73 Å². The van der Waals surface area contributed by atoms with Crippen LogP contribution < -0.4 is 15.8 Å². The van der Waals surface area contributed by atoms with Gasteiger partial charge in [0.25, 0.3) is 0 Å². The Morgan fingerprint density at radius 1 is 1.53 bits per heavy atom. The number of hydrogen-bond donors (Lipinski definition) is 2. The summed E-state index contributed by atoms with van der Waals surface area (Å²) in [5, 5.41) is 2.80. The Hall–Kier alpha value is -0.910. The van der Waals surface area contributed by atoms with Gasteiger partial charge in [-0.1, -0.05) is 6.07 Å². The molecule has 0 fully saturated rings. The molecule has 3 N–H and O–H groups in total. The van der Waals surface area contributed by atoms with Gasteiger partial charge in [-0.3, -0.25) is 4.79 Å². The van der Waals surface area contributed by atoms with Gasteiger partial charge >= 0.3 is 0 Å². The van der Waals surface area contributed by atoms with E-state index in [0.717, 1.165) is 11.5 Å². The Morgan fingerprint density at radius 2 is 2.26 bits per heavy atom. The number of carbonyl (C=O) groups excluding carboxylic acids is 1. The number of nitrogens with two attached hydrogens (primary N) is 1. The van der Waals surface area contributed by atoms with Crippen LogP contribution in [0.25, 0.3) is 0 Å². The third kappa shape index (κ3) is 6.71. The van der Waals surface area contributed by atoms with Crippen molar-refractivity contribution in [1.29, 1.82) is 0 Å². The average molecular weight is 305 g/mol. The maximum atomic E-state index is 11.8. The minimum absolute atomic E-state index is 0. The van der Waals surface area contributed by atoms with E-state index in [1.165, 1.54) is 0 Å². The molecule has 0 radical (unpaired) electrons. The van der Waals surface area contributed by atoms with Crippen LogP contribution in [0.4, 0.5) is 5.69 Å². The zero-order valence-corrected chi connectivity index (χ0v) is 12.9. The average Bonchev–Trinajstić information content (AvgIpc) is 2.36. The third-order valence-corrected chi connectivity index (χ3v) is 3.03. The van der Waals surface area contributed by atoms with Crippen molar-refractivity contribution in [1.82, 2.24) is 0 Å². The van der Waals surface area contributed by atoms with E-state index in [2.05, 4.69) is 5.32 Å². The quantitative estimate of drug-likeness (QED) is 0.812. The molecule has 0 aromatic heterocycles. The van der Waals surface area contributed by atoms with Gasteiger partial charge in [-0.2, -0.15) is 11.8 Å². The lowest BCUT2D eigenvalue weighted by molar-refractivity contribution is -0.117. The Balaban J connectivity index is 0.00000324. The monoisotopic (exact) mass is 304 g/mol. The van der Waals surface area contributed by atoms with Crippen LogP contribution in [0.15, 0.2) is 24.3 Å². The summed E-state index contributed by atoms with van der Waals surface area (Å²) in [7, 11) is 0. The predicted octanol–water partition coefficient (Wildman–Crippen LogP) is 2.53. The molecule has 19 heavy (non-hydrogen) atoms. The molecule has 0 aliphatic heterocycles. The fourth-order valence-corrected chi connectivity index (χ4v) is 1.93. The fraction of sp³-hybridized carbons (Fsp3) is 0.462. The second-order valence-corrected chi connectivity index (χ2v) is 4.82. The Morgan fingerprint density at radius 3 is 2.89 bits per heavy atom. The van der Waals surface area contributed by atoms with E-state index < -0.39 is 6.04 Å². The third-order valence-electron chi connectivity index (χ3n) is 2.38. The molecular weight excluding hydrogens is 284 g/mol. The normalized spacial score (nSPS) is 11.3. The van der Waals surface area contributed by atoms with Crippen LogP contribution in [0.1, 0.15) is 13.3 Å². The molecular formula is C13H21ClN2O2S. The maximum absolute atomic E-state index is 11.8. The fourth-order valence-electron chi connectivity index (χ4n) is 1.44. The molecule has 1 atom stereocenters. The second kappa shape index (κ2) is 9.95. The SMILES string of the molecule is CCOc1cccc(NC(=O)[C@@H](N)CCSC)c1.Cl. The molecule has 0 unspecified atom stereocenters. The Labute approximate surface area is 124 Å². The van der Waals surface area contributed by atoms with Crippen LogP contribution in [0.2, 0.25) is 0 Å². The summed E-state index contributed by atoms with van der Waals surface area (Å²) in [6.45, 7) is 2.52. The zero-order valence-electron chi connectivity index (χ0n) is 11.2. The summed E-state index contributed by atoms with van der Waals surface area (Å²) < 4.78 is 5.37. The Bertz CT molecular complexity index is 391. The topological polar surface area (TPSA) is 64.3 Å². The van der Waals surface area contributed by atoms with Crippen LogP contribution in [-0.2, 0) is 4.79 Å². The summed E-state index contributed by atoms with van der Waals surface area (Å²) in [6, 6.07) is 6.85. The number of nitrogens with one attached hydrogen (secondary N) is 1. The van der Waals surface area contributed by atoms with Gasteiger partial charge < -0.3 is 15.8 Å². The van der Waals surface area contributed by atoms with Crippen LogP contribution in [-0.4, -0.2) is 30.6 Å². The molecule has 0 spiro atoms. The first-order valence-electron chi connectivity index (χ1n) is 5.95. The molecule has 108 valence electrons. The van der Waals surface area contributed by atoms with Crippen LogP contribution in [0.3, 0.4) is 0 Å². The first kappa shape index (κ1) is 18.1. The van der Waals surface area contributed by atoms with Gasteiger partial charge in [0.1, 0.15) is 5.75 Å². The van der Waals surface area contributed by atoms with Gasteiger partial charge in [0, 0.05) is 11.8 Å². The number of amides is 1. The molecule has 0 bridgehead atoms. The number of ether oxygens (including phenoxy) is 1. The minimum atomic E-state index is -0.465. The highest BCUT2D eigenvalue weighted by Crippen LogP contribution is 2.17. The van der Waals surface area contributed by atoms with Crippen LogP contribution in [0, 0.1) is 0 Å². The molecule has 1 aromatic rings. The van der Waals surface area contributed by atoms with Crippen molar-refractivity contribution in [3.63, 3.8) is 0 Å². The lowest BCUT2D eigenvalue weighted by atomic mass is 10.2. The molecule has 1 amide bonds. The smallest absolute Gasteiger partial charge is 0.241 e. The van der Waals surface area contributed by atoms with E-state index in [0.29, 0.717) is 18.7 Å². The molecule has 0 saturated heterocycles. The standard InChI is InChI=1S/C13H20N2O2S.ClH/c1-3-17-11-6-4-5-10(9-11)15-13(16)12(14)7-8-18-2;/h4-6,9,12H,3,7-8,14H2,1-2H3,(H,15,16);1H/t12-;/m0./s1. The van der Waals surface area contributed by atoms with Crippen molar-refractivity contribution in [2.45, 2.75) is 19.4 Å². The number of rotatable bonds is 7. The van der Waals surface area contributed by atoms with Gasteiger partial charge in [-0.05, 0) is 37.5 Å². The molecule has 1 rings (SSSR count). The van der Waals surface area contributed by atoms with E-state index in [9.17, 15) is 4.79 Å². The van der Waals surface area contributed by atoms with E-state index in [1.807, 2.05) is 31.4 Å². The van der Waals surface area contributed by atoms with Crippen molar-refractivity contribution in [3.8, 4) is 5.75 Å². The molecule has 0 aliphatic carbocycles. The molecule has 1 aromatic carbocycles. The summed E-state index contributed by atoms with van der Waals surface area (Å²) in [5.74, 6) is 1.47. The van der Waals surface area contributed by atoms with Gasteiger partial charge in [0.15, 0.2) is 0 Å². The van der Waals surface area contributed by atoms with Crippen LogP contribution >= 0.6 is 24.2 Å². The van der Waals surface area contributed by atoms with Gasteiger partial charge in [0.2, 0.25) is 5.91 Å². The molecule has 0 aliphatic rings. The highest BCUT2D eigenvalue weighted by Gasteiger charge is 2.13. The zero-order chi connectivity index (χ0) is 13.4. The summed E-state index contributed by atoms with van der Waals surface area (Å²) in [5.41, 5.74) is 6.50. The number of benzene rings is 1. The summed E-state index contributed by atoms with van der Waals surface area (Å²) in [6.07, 6.45) is 2.67. The maximum Gasteiger partial charge on any atom is 0.241 e. The lowest BCUT2D eigenvalue weighted by Crippen LogP contribution is -2.36. The van der Waals surface area contributed by atoms with E-state index >= 15 is 0 Å². The molecule has 0 heterocycles. The molecule has 0 saturated carbocycles. The minimum Gasteiger partial charge on any atom is -0.494 e. The van der Waals surface area contributed by atoms with Gasteiger partial charge in [-0.15, -0.1) is 12.4 Å². The molecule has 6 heteroatoms. The predicted molar refractivity (Wildman–Crippen MR) is 84.5 cm³/mol.